The summed E-state index contributed by atoms with van der Waals surface area (Å²) < 4.78 is 0. The maximum atomic E-state index is 10.7. The lowest BCUT2D eigenvalue weighted by atomic mass is 10.1. The number of hydrogen-bond acceptors (Lipinski definition) is 2. The zero-order valence-electron chi connectivity index (χ0n) is 8.97. The first-order valence-corrected chi connectivity index (χ1v) is 5.05. The van der Waals surface area contributed by atoms with Gasteiger partial charge in [-0.05, 0) is 10.8 Å². The normalized spacial score (nSPS) is 10.8. The molecule has 1 N–H and O–H groups in total. The highest BCUT2D eigenvalue weighted by atomic mass is 16.2. The van der Waals surface area contributed by atoms with Crippen LogP contribution in [0.5, 0.6) is 0 Å². The van der Waals surface area contributed by atoms with Crippen molar-refractivity contribution < 1.29 is 4.79 Å². The van der Waals surface area contributed by atoms with E-state index < -0.39 is 0 Å². The van der Waals surface area contributed by atoms with Crippen molar-refractivity contribution >= 4 is 22.9 Å². The first kappa shape index (κ1) is 10.4. The minimum absolute atomic E-state index is 0.170. The number of benzene rings is 2. The topological polar surface area (TPSA) is 41.5 Å². The third kappa shape index (κ3) is 2.25. The van der Waals surface area contributed by atoms with E-state index in [2.05, 4.69) is 10.5 Å². The molecule has 0 aliphatic carbocycles. The summed E-state index contributed by atoms with van der Waals surface area (Å²) in [5, 5.41) is 6.15. The minimum atomic E-state index is -0.170. The molecule has 0 radical (unpaired) electrons. The van der Waals surface area contributed by atoms with E-state index in [-0.39, 0.29) is 5.91 Å². The Morgan fingerprint density at radius 3 is 2.75 bits per heavy atom. The Bertz CT molecular complexity index is 541. The highest BCUT2D eigenvalue weighted by Crippen LogP contribution is 2.16. The summed E-state index contributed by atoms with van der Waals surface area (Å²) in [7, 11) is 0. The summed E-state index contributed by atoms with van der Waals surface area (Å²) in [5.74, 6) is -0.170. The van der Waals surface area contributed by atoms with Gasteiger partial charge in [-0.2, -0.15) is 5.10 Å². The van der Waals surface area contributed by atoms with Crippen LogP contribution in [0.1, 0.15) is 12.5 Å². The Labute approximate surface area is 93.8 Å². The van der Waals surface area contributed by atoms with Crippen molar-refractivity contribution in [1.29, 1.82) is 0 Å². The molecule has 16 heavy (non-hydrogen) atoms. The zero-order chi connectivity index (χ0) is 11.4. The van der Waals surface area contributed by atoms with E-state index in [9.17, 15) is 4.79 Å². The molecule has 0 saturated carbocycles. The number of hydrazone groups is 1. The van der Waals surface area contributed by atoms with Gasteiger partial charge in [-0.25, -0.2) is 5.43 Å². The molecule has 0 saturated heterocycles. The van der Waals surface area contributed by atoms with Crippen LogP contribution in [0.25, 0.3) is 10.8 Å². The predicted molar refractivity (Wildman–Crippen MR) is 65.4 cm³/mol. The summed E-state index contributed by atoms with van der Waals surface area (Å²) in [5.41, 5.74) is 3.38. The second kappa shape index (κ2) is 4.57. The van der Waals surface area contributed by atoms with Crippen molar-refractivity contribution in [1.82, 2.24) is 5.43 Å². The van der Waals surface area contributed by atoms with Crippen LogP contribution in [0.15, 0.2) is 47.6 Å². The van der Waals surface area contributed by atoms with Crippen LogP contribution in [0, 0.1) is 0 Å². The number of hydrogen-bond donors (Lipinski definition) is 1. The molecule has 3 nitrogen and oxygen atoms in total. The predicted octanol–water partition coefficient (Wildman–Crippen LogP) is 2.31. The third-order valence-corrected chi connectivity index (χ3v) is 2.25. The van der Waals surface area contributed by atoms with Gasteiger partial charge in [0.2, 0.25) is 5.91 Å². The van der Waals surface area contributed by atoms with Gasteiger partial charge in [-0.15, -0.1) is 0 Å². The van der Waals surface area contributed by atoms with Crippen LogP contribution >= 0.6 is 0 Å². The highest BCUT2D eigenvalue weighted by molar-refractivity contribution is 5.99. The van der Waals surface area contributed by atoms with E-state index >= 15 is 0 Å². The molecular formula is C13H12N2O. The second-order valence-electron chi connectivity index (χ2n) is 3.49. The molecule has 0 spiro atoms. The van der Waals surface area contributed by atoms with Gasteiger partial charge in [-0.3, -0.25) is 4.79 Å². The second-order valence-corrected chi connectivity index (χ2v) is 3.49. The smallest absolute Gasteiger partial charge is 0.236 e. The average Bonchev–Trinajstić information content (AvgIpc) is 2.29. The fourth-order valence-corrected chi connectivity index (χ4v) is 1.56. The minimum Gasteiger partial charge on any atom is -0.274 e. The molecule has 0 atom stereocenters. The Balaban J connectivity index is 2.37. The lowest BCUT2D eigenvalue weighted by molar-refractivity contribution is -0.118. The van der Waals surface area contributed by atoms with E-state index in [1.807, 2.05) is 42.5 Å². The van der Waals surface area contributed by atoms with E-state index in [1.165, 1.54) is 6.92 Å². The number of rotatable bonds is 2. The van der Waals surface area contributed by atoms with E-state index in [1.54, 1.807) is 6.21 Å². The molecule has 0 heterocycles. The fourth-order valence-electron chi connectivity index (χ4n) is 1.56. The first-order chi connectivity index (χ1) is 7.77. The molecular weight excluding hydrogens is 200 g/mol. The Hall–Kier alpha value is -2.16. The maximum Gasteiger partial charge on any atom is 0.236 e. The molecule has 2 aromatic rings. The van der Waals surface area contributed by atoms with Gasteiger partial charge in [-0.1, -0.05) is 42.5 Å². The van der Waals surface area contributed by atoms with Crippen molar-refractivity contribution in [2.45, 2.75) is 6.92 Å². The fraction of sp³-hybridized carbons (Fsp3) is 0.0769. The number of fused-ring (bicyclic) bond motifs is 1. The van der Waals surface area contributed by atoms with Crippen LogP contribution in [-0.2, 0) is 4.79 Å². The standard InChI is InChI=1S/C13H12N2O/c1-10(16)15-14-9-12-7-4-6-11-5-2-3-8-13(11)12/h2-9H,1H3,(H,15,16)/b14-9-. The van der Waals surface area contributed by atoms with Gasteiger partial charge in [0.1, 0.15) is 0 Å². The molecule has 0 aliphatic rings. The van der Waals surface area contributed by atoms with Crippen LogP contribution < -0.4 is 5.43 Å². The summed E-state index contributed by atoms with van der Waals surface area (Å²) in [6.45, 7) is 1.43. The number of carbonyl (C=O) groups is 1. The molecule has 0 fully saturated rings. The zero-order valence-corrected chi connectivity index (χ0v) is 8.97. The number of nitrogens with zero attached hydrogens (tertiary/aromatic N) is 1. The average molecular weight is 212 g/mol. The van der Waals surface area contributed by atoms with E-state index in [4.69, 9.17) is 0 Å². The molecule has 0 aromatic heterocycles. The van der Waals surface area contributed by atoms with Crippen molar-refractivity contribution in [3.63, 3.8) is 0 Å². The molecule has 2 aromatic carbocycles. The number of amides is 1. The van der Waals surface area contributed by atoms with Crippen LogP contribution in [0.3, 0.4) is 0 Å². The molecule has 80 valence electrons. The first-order valence-electron chi connectivity index (χ1n) is 5.05. The van der Waals surface area contributed by atoms with Gasteiger partial charge >= 0.3 is 0 Å². The van der Waals surface area contributed by atoms with Gasteiger partial charge < -0.3 is 0 Å². The monoisotopic (exact) mass is 212 g/mol. The van der Waals surface area contributed by atoms with Crippen LogP contribution in [-0.4, -0.2) is 12.1 Å². The summed E-state index contributed by atoms with van der Waals surface area (Å²) in [4.78, 5) is 10.7. The molecule has 0 bridgehead atoms. The van der Waals surface area contributed by atoms with Crippen molar-refractivity contribution in [2.24, 2.45) is 5.10 Å². The van der Waals surface area contributed by atoms with E-state index in [0.717, 1.165) is 16.3 Å². The summed E-state index contributed by atoms with van der Waals surface area (Å²) in [6, 6.07) is 14.0. The Morgan fingerprint density at radius 1 is 1.19 bits per heavy atom. The third-order valence-electron chi connectivity index (χ3n) is 2.25. The van der Waals surface area contributed by atoms with Crippen molar-refractivity contribution in [3.8, 4) is 0 Å². The summed E-state index contributed by atoms with van der Waals surface area (Å²) in [6.07, 6.45) is 1.66. The van der Waals surface area contributed by atoms with Gasteiger partial charge in [0.15, 0.2) is 0 Å². The Morgan fingerprint density at radius 2 is 1.94 bits per heavy atom. The highest BCUT2D eigenvalue weighted by Gasteiger charge is 1.96. The lowest BCUT2D eigenvalue weighted by Gasteiger charge is -2.00. The largest absolute Gasteiger partial charge is 0.274 e. The number of carbonyl (C=O) groups excluding carboxylic acids is 1. The summed E-state index contributed by atoms with van der Waals surface area (Å²) >= 11 is 0. The van der Waals surface area contributed by atoms with Gasteiger partial charge in [0.05, 0.1) is 6.21 Å². The van der Waals surface area contributed by atoms with Gasteiger partial charge in [0.25, 0.3) is 0 Å². The maximum absolute atomic E-state index is 10.7. The molecule has 0 aliphatic heterocycles. The van der Waals surface area contributed by atoms with Crippen LogP contribution in [0.2, 0.25) is 0 Å². The van der Waals surface area contributed by atoms with Crippen molar-refractivity contribution in [2.75, 3.05) is 0 Å². The van der Waals surface area contributed by atoms with E-state index in [0.29, 0.717) is 0 Å². The quantitative estimate of drug-likeness (QED) is 0.602. The number of nitrogens with one attached hydrogen (secondary N) is 1. The molecule has 1 amide bonds. The van der Waals surface area contributed by atoms with Gasteiger partial charge in [0, 0.05) is 12.5 Å². The molecule has 0 unspecified atom stereocenters. The molecule has 3 heteroatoms. The SMILES string of the molecule is CC(=O)N/N=C\c1cccc2ccccc12. The molecule has 2 rings (SSSR count). The van der Waals surface area contributed by atoms with Crippen molar-refractivity contribution in [3.05, 3.63) is 48.0 Å². The van der Waals surface area contributed by atoms with Crippen LogP contribution in [0.4, 0.5) is 0 Å². The Kier molecular flexibility index (Phi) is 2.96. The lowest BCUT2D eigenvalue weighted by Crippen LogP contribution is -2.12.